The van der Waals surface area contributed by atoms with Crippen LogP contribution in [-0.2, 0) is 11.2 Å². The molecule has 0 saturated heterocycles. The molecule has 0 aliphatic carbocycles. The highest BCUT2D eigenvalue weighted by atomic mass is 19.1. The maximum Gasteiger partial charge on any atom is 0.252 e. The number of halogens is 1. The molecule has 0 aliphatic heterocycles. The highest BCUT2D eigenvalue weighted by Gasteiger charge is 2.19. The number of nitrogens with one attached hydrogen (secondary N) is 1. The maximum atomic E-state index is 13.1. The Morgan fingerprint density at radius 1 is 1.22 bits per heavy atom. The van der Waals surface area contributed by atoms with Crippen LogP contribution in [0.3, 0.4) is 0 Å². The minimum absolute atomic E-state index is 0.107. The van der Waals surface area contributed by atoms with Crippen molar-refractivity contribution in [3.8, 4) is 6.07 Å². The van der Waals surface area contributed by atoms with Crippen LogP contribution in [0, 0.1) is 17.1 Å². The summed E-state index contributed by atoms with van der Waals surface area (Å²) < 4.78 is 13.1. The van der Waals surface area contributed by atoms with E-state index in [1.165, 1.54) is 18.2 Å². The van der Waals surface area contributed by atoms with Gasteiger partial charge in [0.15, 0.2) is 0 Å². The Labute approximate surface area is 132 Å². The van der Waals surface area contributed by atoms with Gasteiger partial charge in [0.05, 0.1) is 11.6 Å². The predicted octanol–water partition coefficient (Wildman–Crippen LogP) is 1.52. The van der Waals surface area contributed by atoms with Crippen LogP contribution in [0.4, 0.5) is 4.39 Å². The minimum Gasteiger partial charge on any atom is -0.368 e. The molecule has 0 radical (unpaired) electrons. The number of hydrogen-bond donors (Lipinski definition) is 2. The van der Waals surface area contributed by atoms with E-state index in [0.717, 1.165) is 11.6 Å². The van der Waals surface area contributed by atoms with E-state index in [4.69, 9.17) is 11.0 Å². The summed E-state index contributed by atoms with van der Waals surface area (Å²) in [7, 11) is 0. The molecule has 0 heterocycles. The number of carbonyl (C=O) groups excluding carboxylic acids is 2. The monoisotopic (exact) mass is 311 g/mol. The van der Waals surface area contributed by atoms with Gasteiger partial charge in [-0.2, -0.15) is 5.26 Å². The van der Waals surface area contributed by atoms with E-state index in [1.807, 2.05) is 6.07 Å². The van der Waals surface area contributed by atoms with Gasteiger partial charge in [0.1, 0.15) is 11.9 Å². The largest absolute Gasteiger partial charge is 0.368 e. The van der Waals surface area contributed by atoms with Crippen molar-refractivity contribution in [1.29, 1.82) is 5.26 Å². The summed E-state index contributed by atoms with van der Waals surface area (Å²) in [4.78, 5) is 23.6. The van der Waals surface area contributed by atoms with E-state index in [9.17, 15) is 14.0 Å². The number of carbonyl (C=O) groups is 2. The highest BCUT2D eigenvalue weighted by Crippen LogP contribution is 2.08. The van der Waals surface area contributed by atoms with Gasteiger partial charge in [0.2, 0.25) is 5.91 Å². The number of primary amides is 1. The van der Waals surface area contributed by atoms with E-state index in [0.29, 0.717) is 5.56 Å². The Morgan fingerprint density at radius 2 is 1.91 bits per heavy atom. The SMILES string of the molecule is N#Cc1ccc(C[C@@H](NC(=O)c2cccc(F)c2)C(N)=O)cc1. The summed E-state index contributed by atoms with van der Waals surface area (Å²) in [6.45, 7) is 0. The Hall–Kier alpha value is -3.20. The van der Waals surface area contributed by atoms with Gasteiger partial charge in [-0.25, -0.2) is 4.39 Å². The molecule has 23 heavy (non-hydrogen) atoms. The van der Waals surface area contributed by atoms with Crippen LogP contribution in [0.1, 0.15) is 21.5 Å². The van der Waals surface area contributed by atoms with Crippen LogP contribution in [-0.4, -0.2) is 17.9 Å². The Bertz CT molecular complexity index is 766. The fraction of sp³-hybridized carbons (Fsp3) is 0.118. The smallest absolute Gasteiger partial charge is 0.252 e. The molecule has 0 fully saturated rings. The molecule has 1 atom stereocenters. The number of nitriles is 1. The van der Waals surface area contributed by atoms with Gasteiger partial charge < -0.3 is 11.1 Å². The predicted molar refractivity (Wildman–Crippen MR) is 81.7 cm³/mol. The maximum absolute atomic E-state index is 13.1. The molecule has 116 valence electrons. The van der Waals surface area contributed by atoms with Crippen molar-refractivity contribution in [2.24, 2.45) is 5.73 Å². The van der Waals surface area contributed by atoms with Gasteiger partial charge in [0.25, 0.3) is 5.91 Å². The zero-order valence-corrected chi connectivity index (χ0v) is 12.1. The Morgan fingerprint density at radius 3 is 2.48 bits per heavy atom. The van der Waals surface area contributed by atoms with E-state index in [2.05, 4.69) is 5.32 Å². The van der Waals surface area contributed by atoms with Crippen LogP contribution in [0.5, 0.6) is 0 Å². The molecule has 0 saturated carbocycles. The molecular weight excluding hydrogens is 297 g/mol. The fourth-order valence-corrected chi connectivity index (χ4v) is 2.05. The van der Waals surface area contributed by atoms with Crippen molar-refractivity contribution in [3.63, 3.8) is 0 Å². The highest BCUT2D eigenvalue weighted by molar-refractivity contribution is 5.97. The molecule has 6 heteroatoms. The number of rotatable bonds is 5. The summed E-state index contributed by atoms with van der Waals surface area (Å²) in [6, 6.07) is 12.8. The van der Waals surface area contributed by atoms with Crippen molar-refractivity contribution in [1.82, 2.24) is 5.32 Å². The second kappa shape index (κ2) is 7.18. The molecule has 0 unspecified atom stereocenters. The van der Waals surface area contributed by atoms with Gasteiger partial charge >= 0.3 is 0 Å². The lowest BCUT2D eigenvalue weighted by Gasteiger charge is -2.15. The normalized spacial score (nSPS) is 11.3. The minimum atomic E-state index is -0.932. The summed E-state index contributed by atoms with van der Waals surface area (Å²) >= 11 is 0. The van der Waals surface area contributed by atoms with Crippen LogP contribution in [0.15, 0.2) is 48.5 Å². The molecule has 2 aromatic carbocycles. The summed E-state index contributed by atoms with van der Waals surface area (Å²) in [5.41, 5.74) is 6.66. The lowest BCUT2D eigenvalue weighted by Crippen LogP contribution is -2.45. The molecule has 2 amide bonds. The molecule has 5 nitrogen and oxygen atoms in total. The summed E-state index contributed by atoms with van der Waals surface area (Å²) in [6.07, 6.45) is 0.183. The first-order valence-electron chi connectivity index (χ1n) is 6.84. The van der Waals surface area contributed by atoms with Gasteiger partial charge in [-0.1, -0.05) is 18.2 Å². The summed E-state index contributed by atoms with van der Waals surface area (Å²) in [5.74, 6) is -1.82. The van der Waals surface area contributed by atoms with Gasteiger partial charge in [-0.05, 0) is 35.9 Å². The molecule has 2 aromatic rings. The summed E-state index contributed by atoms with van der Waals surface area (Å²) in [5, 5.41) is 11.2. The number of amides is 2. The van der Waals surface area contributed by atoms with Crippen molar-refractivity contribution in [2.45, 2.75) is 12.5 Å². The van der Waals surface area contributed by atoms with Crippen LogP contribution in [0.25, 0.3) is 0 Å². The Balaban J connectivity index is 2.10. The standard InChI is InChI=1S/C17H14FN3O2/c18-14-3-1-2-13(9-14)17(23)21-15(16(20)22)8-11-4-6-12(10-19)7-5-11/h1-7,9,15H,8H2,(H2,20,22)(H,21,23)/t15-/m1/s1. The van der Waals surface area contributed by atoms with Crippen LogP contribution >= 0.6 is 0 Å². The second-order valence-corrected chi connectivity index (χ2v) is 4.95. The molecule has 2 rings (SSSR count). The number of hydrogen-bond acceptors (Lipinski definition) is 3. The van der Waals surface area contributed by atoms with Crippen molar-refractivity contribution in [2.75, 3.05) is 0 Å². The van der Waals surface area contributed by atoms with E-state index in [-0.39, 0.29) is 12.0 Å². The van der Waals surface area contributed by atoms with E-state index >= 15 is 0 Å². The number of benzene rings is 2. The first-order valence-corrected chi connectivity index (χ1v) is 6.84. The van der Waals surface area contributed by atoms with Gasteiger partial charge in [-0.15, -0.1) is 0 Å². The average molecular weight is 311 g/mol. The Kier molecular flexibility index (Phi) is 5.05. The quantitative estimate of drug-likeness (QED) is 0.876. The van der Waals surface area contributed by atoms with Crippen LogP contribution in [0.2, 0.25) is 0 Å². The first-order chi connectivity index (χ1) is 11.0. The van der Waals surface area contributed by atoms with Crippen molar-refractivity contribution >= 4 is 11.8 Å². The molecule has 3 N–H and O–H groups in total. The molecule has 0 aliphatic rings. The van der Waals surface area contributed by atoms with E-state index < -0.39 is 23.7 Å². The zero-order chi connectivity index (χ0) is 16.8. The molecular formula is C17H14FN3O2. The van der Waals surface area contributed by atoms with Crippen LogP contribution < -0.4 is 11.1 Å². The first kappa shape index (κ1) is 16.2. The third kappa shape index (κ3) is 4.38. The second-order valence-electron chi connectivity index (χ2n) is 4.95. The van der Waals surface area contributed by atoms with E-state index in [1.54, 1.807) is 24.3 Å². The molecule has 0 spiro atoms. The average Bonchev–Trinajstić information content (AvgIpc) is 2.54. The van der Waals surface area contributed by atoms with Gasteiger partial charge in [0, 0.05) is 12.0 Å². The van der Waals surface area contributed by atoms with Crippen molar-refractivity contribution in [3.05, 3.63) is 71.0 Å². The van der Waals surface area contributed by atoms with Crippen molar-refractivity contribution < 1.29 is 14.0 Å². The number of nitrogens with two attached hydrogens (primary N) is 1. The lowest BCUT2D eigenvalue weighted by atomic mass is 10.0. The zero-order valence-electron chi connectivity index (χ0n) is 12.1. The fourth-order valence-electron chi connectivity index (χ4n) is 2.05. The third-order valence-corrected chi connectivity index (χ3v) is 3.26. The molecule has 0 bridgehead atoms. The van der Waals surface area contributed by atoms with Gasteiger partial charge in [-0.3, -0.25) is 9.59 Å². The third-order valence-electron chi connectivity index (χ3n) is 3.26. The lowest BCUT2D eigenvalue weighted by molar-refractivity contribution is -0.119. The topological polar surface area (TPSA) is 96.0 Å². The molecule has 0 aromatic heterocycles. The number of nitrogens with zero attached hydrogens (tertiary/aromatic N) is 1.